The molecule has 1 unspecified atom stereocenters. The van der Waals surface area contributed by atoms with E-state index < -0.39 is 17.7 Å². The molecule has 1 amide bonds. The molecule has 0 saturated carbocycles. The first-order chi connectivity index (χ1) is 17.2. The molecule has 9 heteroatoms. The number of aliphatic carboxylic acids is 1. The van der Waals surface area contributed by atoms with Gasteiger partial charge < -0.3 is 14.7 Å². The lowest BCUT2D eigenvalue weighted by Crippen LogP contribution is -2.25. The van der Waals surface area contributed by atoms with Crippen molar-refractivity contribution in [2.75, 3.05) is 4.90 Å². The van der Waals surface area contributed by atoms with Gasteiger partial charge in [0.1, 0.15) is 11.9 Å². The van der Waals surface area contributed by atoms with Crippen LogP contribution in [0.2, 0.25) is 0 Å². The number of aryl methyl sites for hydroxylation is 1. The minimum absolute atomic E-state index is 0.0166. The Balaban J connectivity index is 1.29. The van der Waals surface area contributed by atoms with Crippen LogP contribution in [0.3, 0.4) is 0 Å². The Labute approximate surface area is 209 Å². The second kappa shape index (κ2) is 9.54. The SMILES string of the molecule is O=C(O)CC1CCc2cc(SCc3cccc4c3CN(c3ccc(C(F)(F)F)cc3)C4=O)ccc2O1. The molecule has 1 N–H and O–H groups in total. The van der Waals surface area contributed by atoms with Crippen LogP contribution in [0, 0.1) is 0 Å². The van der Waals surface area contributed by atoms with Gasteiger partial charge in [-0.05, 0) is 78.1 Å². The summed E-state index contributed by atoms with van der Waals surface area (Å²) in [6, 6.07) is 16.1. The number of fused-ring (bicyclic) bond motifs is 2. The first kappa shape index (κ1) is 24.2. The number of hydrogen-bond donors (Lipinski definition) is 1. The number of carboxylic acid groups (broad SMARTS) is 1. The van der Waals surface area contributed by atoms with Crippen LogP contribution in [-0.4, -0.2) is 23.1 Å². The summed E-state index contributed by atoms with van der Waals surface area (Å²) in [6.07, 6.45) is -3.35. The third kappa shape index (κ3) is 4.93. The molecule has 0 bridgehead atoms. The van der Waals surface area contributed by atoms with Gasteiger partial charge in [0.25, 0.3) is 5.91 Å². The first-order valence-electron chi connectivity index (χ1n) is 11.4. The molecule has 5 nitrogen and oxygen atoms in total. The number of benzene rings is 3. The van der Waals surface area contributed by atoms with E-state index >= 15 is 0 Å². The lowest BCUT2D eigenvalue weighted by Gasteiger charge is -2.25. The van der Waals surface area contributed by atoms with Crippen molar-refractivity contribution in [3.63, 3.8) is 0 Å². The van der Waals surface area contributed by atoms with Crippen molar-refractivity contribution in [2.45, 2.75) is 48.7 Å². The molecule has 0 aromatic heterocycles. The van der Waals surface area contributed by atoms with Gasteiger partial charge >= 0.3 is 12.1 Å². The van der Waals surface area contributed by atoms with Crippen LogP contribution in [0.25, 0.3) is 0 Å². The van der Waals surface area contributed by atoms with E-state index in [1.165, 1.54) is 17.0 Å². The molecule has 3 aromatic rings. The number of thioether (sulfide) groups is 1. The molecular formula is C27H22F3NO4S. The maximum absolute atomic E-state index is 13.0. The van der Waals surface area contributed by atoms with Crippen molar-refractivity contribution >= 4 is 29.3 Å². The fraction of sp³-hybridized carbons (Fsp3) is 0.259. The molecule has 186 valence electrons. The quantitative estimate of drug-likeness (QED) is 0.391. The Morgan fingerprint density at radius 2 is 1.89 bits per heavy atom. The average molecular weight is 514 g/mol. The molecule has 2 aliphatic heterocycles. The highest BCUT2D eigenvalue weighted by Crippen LogP contribution is 2.37. The van der Waals surface area contributed by atoms with E-state index in [1.54, 1.807) is 17.8 Å². The fourth-order valence-electron chi connectivity index (χ4n) is 4.58. The first-order valence-corrected chi connectivity index (χ1v) is 12.4. The van der Waals surface area contributed by atoms with Crippen LogP contribution in [0.15, 0.2) is 65.6 Å². The number of rotatable bonds is 6. The largest absolute Gasteiger partial charge is 0.490 e. The highest BCUT2D eigenvalue weighted by Gasteiger charge is 2.33. The zero-order valence-corrected chi connectivity index (χ0v) is 19.9. The number of carboxylic acids is 1. The average Bonchev–Trinajstić information content (AvgIpc) is 3.19. The second-order valence-electron chi connectivity index (χ2n) is 8.81. The van der Waals surface area contributed by atoms with Gasteiger partial charge in [0.05, 0.1) is 18.5 Å². The van der Waals surface area contributed by atoms with Gasteiger partial charge in [0, 0.05) is 21.9 Å². The number of ether oxygens (including phenoxy) is 1. The van der Waals surface area contributed by atoms with E-state index in [-0.39, 0.29) is 18.4 Å². The molecule has 36 heavy (non-hydrogen) atoms. The summed E-state index contributed by atoms with van der Waals surface area (Å²) in [7, 11) is 0. The molecule has 2 heterocycles. The van der Waals surface area contributed by atoms with E-state index in [0.717, 1.165) is 45.9 Å². The number of amides is 1. The number of carbonyl (C=O) groups excluding carboxylic acids is 1. The normalized spacial score (nSPS) is 16.9. The Kier molecular flexibility index (Phi) is 6.42. The van der Waals surface area contributed by atoms with Crippen molar-refractivity contribution in [1.29, 1.82) is 0 Å². The van der Waals surface area contributed by atoms with Gasteiger partial charge in [0.2, 0.25) is 0 Å². The number of alkyl halides is 3. The maximum atomic E-state index is 13.0. The molecule has 0 aliphatic carbocycles. The summed E-state index contributed by atoms with van der Waals surface area (Å²) < 4.78 is 44.5. The highest BCUT2D eigenvalue weighted by atomic mass is 32.2. The molecule has 2 aliphatic rings. The Hall–Kier alpha value is -3.46. The van der Waals surface area contributed by atoms with Crippen LogP contribution in [0.1, 0.15) is 45.5 Å². The Bertz CT molecular complexity index is 1320. The lowest BCUT2D eigenvalue weighted by molar-refractivity contribution is -0.139. The molecule has 3 aromatic carbocycles. The van der Waals surface area contributed by atoms with Crippen molar-refractivity contribution in [3.05, 3.63) is 88.5 Å². The topological polar surface area (TPSA) is 66.8 Å². The second-order valence-corrected chi connectivity index (χ2v) is 9.86. The van der Waals surface area contributed by atoms with Crippen LogP contribution >= 0.6 is 11.8 Å². The third-order valence-electron chi connectivity index (χ3n) is 6.43. The van der Waals surface area contributed by atoms with Crippen molar-refractivity contribution < 1.29 is 32.6 Å². The van der Waals surface area contributed by atoms with E-state index in [2.05, 4.69) is 6.07 Å². The smallest absolute Gasteiger partial charge is 0.416 e. The summed E-state index contributed by atoms with van der Waals surface area (Å²) in [4.78, 5) is 26.5. The molecule has 0 spiro atoms. The summed E-state index contributed by atoms with van der Waals surface area (Å²) in [5.74, 6) is 0.244. The zero-order chi connectivity index (χ0) is 25.4. The number of anilines is 1. The van der Waals surface area contributed by atoms with Gasteiger partial charge in [-0.25, -0.2) is 0 Å². The highest BCUT2D eigenvalue weighted by molar-refractivity contribution is 7.98. The summed E-state index contributed by atoms with van der Waals surface area (Å²) in [5.41, 5.74) is 3.17. The van der Waals surface area contributed by atoms with Crippen LogP contribution in [-0.2, 0) is 29.7 Å². The van der Waals surface area contributed by atoms with E-state index in [9.17, 15) is 22.8 Å². The molecule has 0 radical (unpaired) electrons. The number of hydrogen-bond acceptors (Lipinski definition) is 4. The van der Waals surface area contributed by atoms with Crippen LogP contribution < -0.4 is 9.64 Å². The summed E-state index contributed by atoms with van der Waals surface area (Å²) in [6.45, 7) is 0.305. The lowest BCUT2D eigenvalue weighted by atomic mass is 10.0. The minimum atomic E-state index is -4.43. The van der Waals surface area contributed by atoms with E-state index in [1.807, 2.05) is 24.3 Å². The van der Waals surface area contributed by atoms with Gasteiger partial charge in [-0.1, -0.05) is 12.1 Å². The third-order valence-corrected chi connectivity index (χ3v) is 7.47. The molecule has 0 saturated heterocycles. The fourth-order valence-corrected chi connectivity index (χ4v) is 5.56. The Morgan fingerprint density at radius 3 is 2.61 bits per heavy atom. The maximum Gasteiger partial charge on any atom is 0.416 e. The predicted molar refractivity (Wildman–Crippen MR) is 129 cm³/mol. The molecule has 0 fully saturated rings. The van der Waals surface area contributed by atoms with Gasteiger partial charge in [0.15, 0.2) is 0 Å². The summed E-state index contributed by atoms with van der Waals surface area (Å²) in [5, 5.41) is 8.99. The number of nitrogens with zero attached hydrogens (tertiary/aromatic N) is 1. The zero-order valence-electron chi connectivity index (χ0n) is 19.0. The van der Waals surface area contributed by atoms with Crippen molar-refractivity contribution in [3.8, 4) is 5.75 Å². The standard InChI is InChI=1S/C27H22F3NO4S/c28-27(29,30)18-5-7-19(8-6-18)31-14-23-17(2-1-3-22(23)26(31)34)15-36-21-10-11-24-16(12-21)4-9-20(35-24)13-25(32)33/h1-3,5-8,10-12,20H,4,9,13-15H2,(H,32,33). The van der Waals surface area contributed by atoms with Crippen molar-refractivity contribution in [2.24, 2.45) is 0 Å². The summed E-state index contributed by atoms with van der Waals surface area (Å²) >= 11 is 1.62. The monoisotopic (exact) mass is 513 g/mol. The minimum Gasteiger partial charge on any atom is -0.490 e. The van der Waals surface area contributed by atoms with Gasteiger partial charge in [-0.15, -0.1) is 11.8 Å². The van der Waals surface area contributed by atoms with Crippen molar-refractivity contribution in [1.82, 2.24) is 0 Å². The van der Waals surface area contributed by atoms with E-state index in [0.29, 0.717) is 30.0 Å². The van der Waals surface area contributed by atoms with E-state index in [4.69, 9.17) is 9.84 Å². The van der Waals surface area contributed by atoms with Gasteiger partial charge in [-0.2, -0.15) is 13.2 Å². The Morgan fingerprint density at radius 1 is 1.11 bits per heavy atom. The molecular weight excluding hydrogens is 491 g/mol. The number of halogens is 3. The van der Waals surface area contributed by atoms with Crippen LogP contribution in [0.5, 0.6) is 5.75 Å². The molecule has 5 rings (SSSR count). The van der Waals surface area contributed by atoms with Gasteiger partial charge in [-0.3, -0.25) is 9.59 Å². The predicted octanol–water partition coefficient (Wildman–Crippen LogP) is 6.33. The van der Waals surface area contributed by atoms with Crippen LogP contribution in [0.4, 0.5) is 18.9 Å². The number of carbonyl (C=O) groups is 2. The molecule has 1 atom stereocenters.